The lowest BCUT2D eigenvalue weighted by Gasteiger charge is -2.21. The van der Waals surface area contributed by atoms with Crippen LogP contribution in [-0.2, 0) is 11.3 Å². The van der Waals surface area contributed by atoms with Crippen molar-refractivity contribution in [3.63, 3.8) is 0 Å². The molecule has 0 radical (unpaired) electrons. The zero-order valence-corrected chi connectivity index (χ0v) is 21.1. The molecule has 2 heterocycles. The Labute approximate surface area is 213 Å². The molecule has 10 heteroatoms. The fourth-order valence-corrected chi connectivity index (χ4v) is 5.52. The van der Waals surface area contributed by atoms with Crippen LogP contribution in [0.25, 0.3) is 11.0 Å². The molecule has 184 valence electrons. The van der Waals surface area contributed by atoms with E-state index in [9.17, 15) is 9.59 Å². The van der Waals surface area contributed by atoms with E-state index in [-0.39, 0.29) is 11.8 Å². The molecule has 8 nitrogen and oxygen atoms in total. The SMILES string of the molecule is CN=C/C(=C\N)NC(=O)C(CC1CCCC1)NC(=O)c1ccc(Cn2cnc3cc(Cl)ccc32)s1. The van der Waals surface area contributed by atoms with Crippen molar-refractivity contribution < 1.29 is 9.59 Å². The summed E-state index contributed by atoms with van der Waals surface area (Å²) in [6.07, 6.45) is 9.60. The Hall–Kier alpha value is -3.17. The molecule has 1 unspecified atom stereocenters. The largest absolute Gasteiger partial charge is 0.403 e. The number of nitrogens with two attached hydrogens (primary N) is 1. The number of fused-ring (bicyclic) bond motifs is 1. The van der Waals surface area contributed by atoms with Gasteiger partial charge in [-0.2, -0.15) is 0 Å². The second-order valence-electron chi connectivity index (χ2n) is 8.68. The molecule has 1 aliphatic rings. The number of rotatable bonds is 9. The van der Waals surface area contributed by atoms with Gasteiger partial charge in [0.25, 0.3) is 5.91 Å². The van der Waals surface area contributed by atoms with Crippen molar-refractivity contribution in [3.05, 3.63) is 63.3 Å². The normalized spacial score (nSPS) is 15.7. The number of allylic oxidation sites excluding steroid dienone is 1. The maximum absolute atomic E-state index is 13.1. The van der Waals surface area contributed by atoms with E-state index in [1.165, 1.54) is 23.8 Å². The van der Waals surface area contributed by atoms with Gasteiger partial charge in [0, 0.05) is 29.4 Å². The van der Waals surface area contributed by atoms with Crippen molar-refractivity contribution in [2.75, 3.05) is 7.05 Å². The maximum Gasteiger partial charge on any atom is 0.262 e. The number of nitrogens with one attached hydrogen (secondary N) is 2. The zero-order valence-electron chi connectivity index (χ0n) is 19.5. The number of amides is 2. The third kappa shape index (κ3) is 6.29. The Bertz CT molecular complexity index is 1260. The zero-order chi connectivity index (χ0) is 24.8. The molecule has 35 heavy (non-hydrogen) atoms. The minimum Gasteiger partial charge on any atom is -0.403 e. The molecule has 3 aromatic rings. The van der Waals surface area contributed by atoms with Crippen molar-refractivity contribution in [2.24, 2.45) is 16.6 Å². The summed E-state index contributed by atoms with van der Waals surface area (Å²) in [5, 5.41) is 6.37. The van der Waals surface area contributed by atoms with Gasteiger partial charge in [-0.15, -0.1) is 11.3 Å². The van der Waals surface area contributed by atoms with Crippen molar-refractivity contribution in [3.8, 4) is 0 Å². The molecule has 0 saturated heterocycles. The average Bonchev–Trinajstić information content (AvgIpc) is 3.60. The van der Waals surface area contributed by atoms with Gasteiger partial charge in [0.1, 0.15) is 6.04 Å². The Balaban J connectivity index is 1.45. The molecule has 1 fully saturated rings. The van der Waals surface area contributed by atoms with Crippen LogP contribution in [0.3, 0.4) is 0 Å². The van der Waals surface area contributed by atoms with E-state index >= 15 is 0 Å². The number of nitrogens with zero attached hydrogens (tertiary/aromatic N) is 3. The summed E-state index contributed by atoms with van der Waals surface area (Å²) in [6, 6.07) is 8.67. The van der Waals surface area contributed by atoms with Gasteiger partial charge in [0.2, 0.25) is 5.91 Å². The van der Waals surface area contributed by atoms with Gasteiger partial charge in [0.15, 0.2) is 0 Å². The van der Waals surface area contributed by atoms with Crippen LogP contribution in [0, 0.1) is 5.92 Å². The van der Waals surface area contributed by atoms with Gasteiger partial charge >= 0.3 is 0 Å². The third-order valence-corrected chi connectivity index (χ3v) is 7.48. The Morgan fingerprint density at radius 3 is 2.86 bits per heavy atom. The van der Waals surface area contributed by atoms with E-state index in [4.69, 9.17) is 17.3 Å². The van der Waals surface area contributed by atoms with E-state index in [0.717, 1.165) is 41.6 Å². The Morgan fingerprint density at radius 1 is 1.31 bits per heavy atom. The van der Waals surface area contributed by atoms with Crippen LogP contribution in [0.5, 0.6) is 0 Å². The number of thiophene rings is 1. The first-order valence-electron chi connectivity index (χ1n) is 11.6. The Morgan fingerprint density at radius 2 is 2.11 bits per heavy atom. The van der Waals surface area contributed by atoms with Crippen LogP contribution < -0.4 is 16.4 Å². The highest BCUT2D eigenvalue weighted by Gasteiger charge is 2.27. The van der Waals surface area contributed by atoms with Crippen molar-refractivity contribution in [1.82, 2.24) is 20.2 Å². The molecule has 2 aromatic heterocycles. The van der Waals surface area contributed by atoms with Gasteiger partial charge in [-0.3, -0.25) is 14.6 Å². The van der Waals surface area contributed by atoms with Gasteiger partial charge < -0.3 is 20.9 Å². The second kappa shape index (κ2) is 11.5. The molecular formula is C25H29ClN6O2S. The average molecular weight is 513 g/mol. The van der Waals surface area contributed by atoms with Crippen LogP contribution in [0.4, 0.5) is 0 Å². The minimum absolute atomic E-state index is 0.260. The first-order valence-corrected chi connectivity index (χ1v) is 12.8. The molecule has 1 aliphatic carbocycles. The molecular weight excluding hydrogens is 484 g/mol. The molecule has 1 saturated carbocycles. The molecule has 0 spiro atoms. The highest BCUT2D eigenvalue weighted by Crippen LogP contribution is 2.29. The molecule has 0 bridgehead atoms. The smallest absolute Gasteiger partial charge is 0.262 e. The molecule has 1 aromatic carbocycles. The minimum atomic E-state index is -0.654. The number of benzene rings is 1. The Kier molecular flexibility index (Phi) is 8.20. The second-order valence-corrected chi connectivity index (χ2v) is 10.3. The molecule has 2 amide bonds. The highest BCUT2D eigenvalue weighted by atomic mass is 35.5. The number of carbonyl (C=O) groups is 2. The summed E-state index contributed by atoms with van der Waals surface area (Å²) < 4.78 is 2.02. The summed E-state index contributed by atoms with van der Waals surface area (Å²) in [7, 11) is 1.60. The summed E-state index contributed by atoms with van der Waals surface area (Å²) in [6.45, 7) is 0.586. The van der Waals surface area contributed by atoms with E-state index in [0.29, 0.717) is 34.5 Å². The fraction of sp³-hybridized carbons (Fsp3) is 0.360. The van der Waals surface area contributed by atoms with E-state index < -0.39 is 6.04 Å². The fourth-order valence-electron chi connectivity index (χ4n) is 4.44. The summed E-state index contributed by atoms with van der Waals surface area (Å²) in [5.41, 5.74) is 7.79. The van der Waals surface area contributed by atoms with Crippen molar-refractivity contribution in [2.45, 2.75) is 44.7 Å². The monoisotopic (exact) mass is 512 g/mol. The predicted molar refractivity (Wildman–Crippen MR) is 141 cm³/mol. The van der Waals surface area contributed by atoms with Crippen molar-refractivity contribution in [1.29, 1.82) is 0 Å². The number of hydrogen-bond donors (Lipinski definition) is 3. The third-order valence-electron chi connectivity index (χ3n) is 6.18. The number of aliphatic imine (C=N–C) groups is 1. The van der Waals surface area contributed by atoms with Gasteiger partial charge in [0.05, 0.1) is 34.5 Å². The molecule has 4 rings (SSSR count). The standard InChI is InChI=1S/C25H29ClN6O2S/c1-28-13-18(12-27)30-24(33)21(10-16-4-2-3-5-16)31-25(34)23-9-7-19(35-23)14-32-15-29-20-11-17(26)6-8-22(20)32/h6-9,11-13,15-16,21H,2-5,10,14,27H2,1H3,(H,30,33)(H,31,34)/b18-12+,28-13?. The van der Waals surface area contributed by atoms with E-state index in [1.54, 1.807) is 19.4 Å². The summed E-state index contributed by atoms with van der Waals surface area (Å²) in [4.78, 5) is 36.0. The van der Waals surface area contributed by atoms with E-state index in [1.807, 2.05) is 28.8 Å². The number of imidazole rings is 1. The number of halogens is 1. The van der Waals surface area contributed by atoms with Crippen LogP contribution in [0.1, 0.15) is 46.7 Å². The highest BCUT2D eigenvalue weighted by molar-refractivity contribution is 7.14. The summed E-state index contributed by atoms with van der Waals surface area (Å²) >= 11 is 7.46. The van der Waals surface area contributed by atoms with Crippen LogP contribution in [0.15, 0.2) is 53.5 Å². The first kappa shape index (κ1) is 24.9. The number of aromatic nitrogens is 2. The lowest BCUT2D eigenvalue weighted by molar-refractivity contribution is -0.122. The van der Waals surface area contributed by atoms with E-state index in [2.05, 4.69) is 20.6 Å². The maximum atomic E-state index is 13.1. The summed E-state index contributed by atoms with van der Waals surface area (Å²) in [5.74, 6) is -0.135. The number of hydrogen-bond acceptors (Lipinski definition) is 6. The molecule has 1 atom stereocenters. The quantitative estimate of drug-likeness (QED) is 0.374. The van der Waals surface area contributed by atoms with Gasteiger partial charge in [-0.05, 0) is 42.7 Å². The van der Waals surface area contributed by atoms with Crippen LogP contribution >= 0.6 is 22.9 Å². The first-order chi connectivity index (χ1) is 17.0. The molecule has 0 aliphatic heterocycles. The lowest BCUT2D eigenvalue weighted by Crippen LogP contribution is -2.47. The van der Waals surface area contributed by atoms with Crippen molar-refractivity contribution >= 4 is 52.0 Å². The lowest BCUT2D eigenvalue weighted by atomic mass is 9.97. The topological polar surface area (TPSA) is 114 Å². The van der Waals surface area contributed by atoms with Gasteiger partial charge in [-0.25, -0.2) is 4.98 Å². The van der Waals surface area contributed by atoms with Gasteiger partial charge in [-0.1, -0.05) is 37.3 Å². The number of carbonyl (C=O) groups excluding carboxylic acids is 2. The predicted octanol–water partition coefficient (Wildman–Crippen LogP) is 4.10. The van der Waals surface area contributed by atoms with Crippen LogP contribution in [-0.4, -0.2) is 40.7 Å². The molecule has 4 N–H and O–H groups in total. The van der Waals surface area contributed by atoms with Crippen LogP contribution in [0.2, 0.25) is 5.02 Å².